The van der Waals surface area contributed by atoms with Crippen LogP contribution in [0.1, 0.15) is 6.42 Å². The Balaban J connectivity index is 2.68. The van der Waals surface area contributed by atoms with E-state index in [1.165, 1.54) is 4.90 Å². The van der Waals surface area contributed by atoms with Crippen molar-refractivity contribution in [2.75, 3.05) is 20.1 Å². The number of nitrogens with one attached hydrogen (secondary N) is 1. The highest BCUT2D eigenvalue weighted by molar-refractivity contribution is 5.97. The zero-order chi connectivity index (χ0) is 12.3. The molecule has 1 aliphatic rings. The van der Waals surface area contributed by atoms with Crippen molar-refractivity contribution in [3.05, 3.63) is 0 Å². The quantitative estimate of drug-likeness (QED) is 0.671. The Kier molecular flexibility index (Phi) is 3.69. The number of piperidine rings is 1. The van der Waals surface area contributed by atoms with E-state index in [9.17, 15) is 18.4 Å². The smallest absolute Gasteiger partial charge is 0.301 e. The number of rotatable bonds is 1. The normalized spacial score (nSPS) is 24.8. The van der Waals surface area contributed by atoms with Crippen LogP contribution in [0.15, 0.2) is 4.99 Å². The van der Waals surface area contributed by atoms with E-state index < -0.39 is 30.3 Å². The van der Waals surface area contributed by atoms with Crippen molar-refractivity contribution in [1.82, 2.24) is 10.2 Å². The maximum atomic E-state index is 13.5. The molecule has 1 heterocycles. The van der Waals surface area contributed by atoms with Crippen LogP contribution >= 0.6 is 0 Å². The Hall–Kier alpha value is -1.37. The summed E-state index contributed by atoms with van der Waals surface area (Å²) in [6.07, 6.45) is 0.0136. The van der Waals surface area contributed by atoms with Gasteiger partial charge in [-0.05, 0) is 26.7 Å². The van der Waals surface area contributed by atoms with E-state index in [1.54, 1.807) is 12.4 Å². The maximum absolute atomic E-state index is 13.5. The molecular formula is C9H13F2N3O2. The summed E-state index contributed by atoms with van der Waals surface area (Å²) in [7, 11) is 1.55. The van der Waals surface area contributed by atoms with Gasteiger partial charge in [-0.25, -0.2) is 18.6 Å². The van der Waals surface area contributed by atoms with E-state index in [1.807, 2.05) is 0 Å². The molecule has 0 bridgehead atoms. The molecule has 5 nitrogen and oxygen atoms in total. The summed E-state index contributed by atoms with van der Waals surface area (Å²) in [6, 6.07) is -1.00. The molecule has 16 heavy (non-hydrogen) atoms. The number of alkyl halides is 2. The largest absolute Gasteiger partial charge is 0.346 e. The van der Waals surface area contributed by atoms with Gasteiger partial charge >= 0.3 is 6.03 Å². The average Bonchev–Trinajstić information content (AvgIpc) is 2.15. The molecule has 3 amide bonds. The van der Waals surface area contributed by atoms with Gasteiger partial charge in [0.05, 0.1) is 6.54 Å². The van der Waals surface area contributed by atoms with Crippen molar-refractivity contribution in [3.63, 3.8) is 0 Å². The standard InChI is InChI=1S/C9H13F2N3O2/c1-12-8(16)13-7(15)6-3-4-14(2)5-9(6,10)11/h6H,1,3-5H2,2H3,(H,13,15,16). The molecule has 1 N–H and O–H groups in total. The number of aliphatic imine (C=N–C) groups is 1. The third-order valence-corrected chi connectivity index (χ3v) is 2.48. The van der Waals surface area contributed by atoms with Crippen LogP contribution in [0, 0.1) is 5.92 Å². The number of amides is 3. The molecule has 1 saturated heterocycles. The molecule has 1 unspecified atom stereocenters. The Bertz CT molecular complexity index is 320. The third-order valence-electron chi connectivity index (χ3n) is 2.48. The predicted octanol–water partition coefficient (Wildman–Crippen LogP) is 0.510. The van der Waals surface area contributed by atoms with E-state index in [2.05, 4.69) is 11.7 Å². The second-order valence-corrected chi connectivity index (χ2v) is 3.79. The lowest BCUT2D eigenvalue weighted by atomic mass is 9.92. The number of hydrogen-bond donors (Lipinski definition) is 1. The molecule has 0 aromatic carbocycles. The van der Waals surface area contributed by atoms with Gasteiger partial charge in [-0.15, -0.1) is 0 Å². The van der Waals surface area contributed by atoms with Crippen LogP contribution in [0.4, 0.5) is 13.6 Å². The summed E-state index contributed by atoms with van der Waals surface area (Å²) >= 11 is 0. The van der Waals surface area contributed by atoms with Crippen molar-refractivity contribution in [3.8, 4) is 0 Å². The van der Waals surface area contributed by atoms with Crippen LogP contribution in [0.2, 0.25) is 0 Å². The predicted molar refractivity (Wildman–Crippen MR) is 53.6 cm³/mol. The molecule has 1 aliphatic heterocycles. The van der Waals surface area contributed by atoms with Crippen molar-refractivity contribution < 1.29 is 18.4 Å². The van der Waals surface area contributed by atoms with Crippen LogP contribution in [0.3, 0.4) is 0 Å². The van der Waals surface area contributed by atoms with Gasteiger partial charge in [-0.3, -0.25) is 10.1 Å². The van der Waals surface area contributed by atoms with E-state index >= 15 is 0 Å². The minimum atomic E-state index is -3.13. The second-order valence-electron chi connectivity index (χ2n) is 3.79. The summed E-state index contributed by atoms with van der Waals surface area (Å²) in [5.74, 6) is -5.59. The first kappa shape index (κ1) is 12.7. The fourth-order valence-electron chi connectivity index (χ4n) is 1.66. The number of nitrogens with zero attached hydrogens (tertiary/aromatic N) is 2. The van der Waals surface area contributed by atoms with Crippen LogP contribution in [0.25, 0.3) is 0 Å². The zero-order valence-corrected chi connectivity index (χ0v) is 8.87. The minimum Gasteiger partial charge on any atom is -0.301 e. The van der Waals surface area contributed by atoms with Crippen LogP contribution in [-0.2, 0) is 4.79 Å². The summed E-state index contributed by atoms with van der Waals surface area (Å²) in [6.45, 7) is 2.80. The number of urea groups is 1. The molecule has 0 saturated carbocycles. The minimum absolute atomic E-state index is 0.0136. The summed E-state index contributed by atoms with van der Waals surface area (Å²) < 4.78 is 26.9. The van der Waals surface area contributed by atoms with Crippen molar-refractivity contribution in [2.45, 2.75) is 12.3 Å². The first-order chi connectivity index (χ1) is 7.36. The maximum Gasteiger partial charge on any atom is 0.346 e. The highest BCUT2D eigenvalue weighted by Crippen LogP contribution is 2.32. The average molecular weight is 233 g/mol. The monoisotopic (exact) mass is 233 g/mol. The molecule has 0 aromatic rings. The molecule has 0 spiro atoms. The number of carbonyl (C=O) groups is 2. The second kappa shape index (κ2) is 4.65. The molecule has 1 fully saturated rings. The topological polar surface area (TPSA) is 61.8 Å². The van der Waals surface area contributed by atoms with Gasteiger partial charge in [0, 0.05) is 0 Å². The molecular weight excluding hydrogens is 220 g/mol. The molecule has 0 aliphatic carbocycles. The van der Waals surface area contributed by atoms with Gasteiger partial charge in [0.1, 0.15) is 5.92 Å². The molecule has 1 atom stereocenters. The molecule has 90 valence electrons. The fraction of sp³-hybridized carbons (Fsp3) is 0.667. The van der Waals surface area contributed by atoms with Crippen molar-refractivity contribution in [2.24, 2.45) is 10.9 Å². The van der Waals surface area contributed by atoms with Gasteiger partial charge in [0.2, 0.25) is 5.91 Å². The lowest BCUT2D eigenvalue weighted by Crippen LogP contribution is -2.53. The fourth-order valence-corrected chi connectivity index (χ4v) is 1.66. The first-order valence-electron chi connectivity index (χ1n) is 4.74. The zero-order valence-electron chi connectivity index (χ0n) is 8.87. The summed E-state index contributed by atoms with van der Waals surface area (Å²) in [5, 5.41) is 1.76. The van der Waals surface area contributed by atoms with Crippen LogP contribution < -0.4 is 5.32 Å². The first-order valence-corrected chi connectivity index (χ1v) is 4.74. The number of hydrogen-bond acceptors (Lipinski definition) is 3. The van der Waals surface area contributed by atoms with Crippen molar-refractivity contribution in [1.29, 1.82) is 0 Å². The van der Waals surface area contributed by atoms with E-state index in [0.717, 1.165) is 0 Å². The van der Waals surface area contributed by atoms with E-state index in [4.69, 9.17) is 0 Å². The molecule has 0 aromatic heterocycles. The van der Waals surface area contributed by atoms with Crippen LogP contribution in [-0.4, -0.2) is 49.6 Å². The van der Waals surface area contributed by atoms with E-state index in [-0.39, 0.29) is 6.42 Å². The highest BCUT2D eigenvalue weighted by Gasteiger charge is 2.47. The Morgan fingerprint density at radius 3 is 2.69 bits per heavy atom. The molecule has 0 radical (unpaired) electrons. The lowest BCUT2D eigenvalue weighted by Gasteiger charge is -2.35. The van der Waals surface area contributed by atoms with Crippen LogP contribution in [0.5, 0.6) is 0 Å². The number of halogens is 2. The van der Waals surface area contributed by atoms with Gasteiger partial charge in [-0.2, -0.15) is 0 Å². The number of likely N-dealkylation sites (tertiary alicyclic amines) is 1. The number of carbonyl (C=O) groups excluding carboxylic acids is 2. The SMILES string of the molecule is C=NC(=O)NC(=O)C1CCN(C)CC1(F)F. The molecule has 7 heteroatoms. The highest BCUT2D eigenvalue weighted by atomic mass is 19.3. The third kappa shape index (κ3) is 2.82. The Labute approximate surface area is 91.5 Å². The van der Waals surface area contributed by atoms with Crippen molar-refractivity contribution >= 4 is 18.7 Å². The van der Waals surface area contributed by atoms with Gasteiger partial charge < -0.3 is 4.90 Å². The summed E-state index contributed by atoms with van der Waals surface area (Å²) in [4.78, 5) is 26.4. The van der Waals surface area contributed by atoms with Gasteiger partial charge in [0.15, 0.2) is 0 Å². The van der Waals surface area contributed by atoms with Gasteiger partial charge in [0.25, 0.3) is 5.92 Å². The lowest BCUT2D eigenvalue weighted by molar-refractivity contribution is -0.148. The molecule has 1 rings (SSSR count). The number of imide groups is 1. The Morgan fingerprint density at radius 2 is 2.19 bits per heavy atom. The Morgan fingerprint density at radius 1 is 1.56 bits per heavy atom. The summed E-state index contributed by atoms with van der Waals surface area (Å²) in [5.41, 5.74) is 0. The van der Waals surface area contributed by atoms with Gasteiger partial charge in [-0.1, -0.05) is 0 Å². The van der Waals surface area contributed by atoms with E-state index in [0.29, 0.717) is 6.54 Å².